The standard InChI is InChI=1S/C11H14O.3C2H6/c1-4-9-6-5-7-10(8(2)3)11(9)12;3*1-2/h4-8,12H,1H2,2-3H3;3*1-2H3. The Bertz CT molecular complexity index is 288. The Hall–Kier alpha value is -1.24. The minimum Gasteiger partial charge on any atom is -0.507 e. The van der Waals surface area contributed by atoms with E-state index in [1.165, 1.54) is 0 Å². The molecule has 0 saturated heterocycles. The summed E-state index contributed by atoms with van der Waals surface area (Å²) in [5.41, 5.74) is 1.79. The van der Waals surface area contributed by atoms with E-state index in [-0.39, 0.29) is 0 Å². The van der Waals surface area contributed by atoms with E-state index in [0.29, 0.717) is 11.7 Å². The molecule has 0 fully saturated rings. The molecule has 0 saturated carbocycles. The number of phenols is 1. The lowest BCUT2D eigenvalue weighted by Gasteiger charge is -2.09. The minimum atomic E-state index is 0.352. The molecule has 0 aromatic heterocycles. The average Bonchev–Trinajstić information content (AvgIpc) is 2.45. The number of aromatic hydroxyl groups is 1. The fourth-order valence-electron chi connectivity index (χ4n) is 1.21. The lowest BCUT2D eigenvalue weighted by atomic mass is 9.99. The van der Waals surface area contributed by atoms with Crippen molar-refractivity contribution >= 4 is 6.08 Å². The van der Waals surface area contributed by atoms with E-state index < -0.39 is 0 Å². The van der Waals surface area contributed by atoms with Gasteiger partial charge in [-0.25, -0.2) is 0 Å². The van der Waals surface area contributed by atoms with Gasteiger partial charge < -0.3 is 5.11 Å². The molecular weight excluding hydrogens is 220 g/mol. The van der Waals surface area contributed by atoms with Crippen molar-refractivity contribution in [2.24, 2.45) is 0 Å². The van der Waals surface area contributed by atoms with Gasteiger partial charge in [-0.2, -0.15) is 0 Å². The summed E-state index contributed by atoms with van der Waals surface area (Å²) in [7, 11) is 0. The van der Waals surface area contributed by atoms with Crippen LogP contribution >= 0.6 is 0 Å². The Balaban J connectivity index is -0.000000328. The molecule has 0 aliphatic rings. The smallest absolute Gasteiger partial charge is 0.126 e. The van der Waals surface area contributed by atoms with Crippen LogP contribution in [-0.4, -0.2) is 5.11 Å². The van der Waals surface area contributed by atoms with Crippen LogP contribution in [0.1, 0.15) is 72.4 Å². The van der Waals surface area contributed by atoms with Gasteiger partial charge in [0.15, 0.2) is 0 Å². The van der Waals surface area contributed by atoms with Crippen LogP contribution in [0.2, 0.25) is 0 Å². The maximum Gasteiger partial charge on any atom is 0.126 e. The Morgan fingerprint density at radius 2 is 1.44 bits per heavy atom. The molecule has 1 heteroatoms. The second-order valence-electron chi connectivity index (χ2n) is 3.14. The van der Waals surface area contributed by atoms with Gasteiger partial charge in [-0.1, -0.05) is 86.2 Å². The largest absolute Gasteiger partial charge is 0.507 e. The summed E-state index contributed by atoms with van der Waals surface area (Å²) in [5, 5.41) is 9.69. The van der Waals surface area contributed by atoms with Crippen molar-refractivity contribution in [1.29, 1.82) is 0 Å². The molecule has 0 heterocycles. The van der Waals surface area contributed by atoms with E-state index in [2.05, 4.69) is 20.4 Å². The van der Waals surface area contributed by atoms with Gasteiger partial charge in [-0.15, -0.1) is 0 Å². The Morgan fingerprint density at radius 1 is 1.00 bits per heavy atom. The van der Waals surface area contributed by atoms with Crippen LogP contribution in [0.15, 0.2) is 24.8 Å². The molecule has 1 aromatic rings. The second-order valence-corrected chi connectivity index (χ2v) is 3.14. The number of phenolic OH excluding ortho intramolecular Hbond substituents is 1. The van der Waals surface area contributed by atoms with Crippen LogP contribution in [0.3, 0.4) is 0 Å². The molecule has 0 atom stereocenters. The normalized spacial score (nSPS) is 7.83. The highest BCUT2D eigenvalue weighted by molar-refractivity contribution is 5.58. The average molecular weight is 252 g/mol. The molecule has 1 rings (SSSR count). The van der Waals surface area contributed by atoms with Crippen LogP contribution < -0.4 is 0 Å². The predicted octanol–water partition coefficient (Wildman–Crippen LogP) is 6.24. The summed E-state index contributed by atoms with van der Waals surface area (Å²) in [6.07, 6.45) is 1.67. The zero-order chi connectivity index (χ0) is 15.1. The Kier molecular flexibility index (Phi) is 19.3. The van der Waals surface area contributed by atoms with Gasteiger partial charge in [0.2, 0.25) is 0 Å². The van der Waals surface area contributed by atoms with Crippen LogP contribution in [0.5, 0.6) is 5.75 Å². The number of hydrogen-bond donors (Lipinski definition) is 1. The second kappa shape index (κ2) is 15.8. The lowest BCUT2D eigenvalue weighted by Crippen LogP contribution is -1.89. The highest BCUT2D eigenvalue weighted by Crippen LogP contribution is 2.29. The molecule has 0 spiro atoms. The van der Waals surface area contributed by atoms with Gasteiger partial charge in [0.1, 0.15) is 5.75 Å². The fourth-order valence-corrected chi connectivity index (χ4v) is 1.21. The molecule has 0 radical (unpaired) electrons. The van der Waals surface area contributed by atoms with E-state index in [9.17, 15) is 5.11 Å². The van der Waals surface area contributed by atoms with Crippen molar-refractivity contribution in [3.63, 3.8) is 0 Å². The molecule has 0 bridgehead atoms. The molecule has 0 unspecified atom stereocenters. The van der Waals surface area contributed by atoms with Crippen LogP contribution in [-0.2, 0) is 0 Å². The summed E-state index contributed by atoms with van der Waals surface area (Å²) < 4.78 is 0. The zero-order valence-electron chi connectivity index (χ0n) is 13.5. The molecule has 0 aliphatic carbocycles. The van der Waals surface area contributed by atoms with Crippen LogP contribution in [0, 0.1) is 0 Å². The van der Waals surface area contributed by atoms with E-state index in [4.69, 9.17) is 0 Å². The summed E-state index contributed by atoms with van der Waals surface area (Å²) in [6.45, 7) is 19.7. The highest BCUT2D eigenvalue weighted by atomic mass is 16.3. The zero-order valence-corrected chi connectivity index (χ0v) is 13.5. The van der Waals surface area contributed by atoms with Crippen molar-refractivity contribution < 1.29 is 5.11 Å². The maximum atomic E-state index is 9.69. The van der Waals surface area contributed by atoms with Crippen molar-refractivity contribution in [2.75, 3.05) is 0 Å². The minimum absolute atomic E-state index is 0.352. The first-order valence-corrected chi connectivity index (χ1v) is 7.11. The van der Waals surface area contributed by atoms with E-state index in [0.717, 1.165) is 11.1 Å². The third-order valence-electron chi connectivity index (χ3n) is 1.94. The lowest BCUT2D eigenvalue weighted by molar-refractivity contribution is 0.463. The van der Waals surface area contributed by atoms with Gasteiger partial charge in [0.05, 0.1) is 0 Å². The summed E-state index contributed by atoms with van der Waals surface area (Å²) >= 11 is 0. The highest BCUT2D eigenvalue weighted by Gasteiger charge is 2.06. The molecule has 18 heavy (non-hydrogen) atoms. The van der Waals surface area contributed by atoms with Crippen LogP contribution in [0.4, 0.5) is 0 Å². The predicted molar refractivity (Wildman–Crippen MR) is 86.3 cm³/mol. The first-order chi connectivity index (χ1) is 8.66. The number of benzene rings is 1. The topological polar surface area (TPSA) is 20.2 Å². The Morgan fingerprint density at radius 3 is 1.78 bits per heavy atom. The maximum absolute atomic E-state index is 9.69. The summed E-state index contributed by atoms with van der Waals surface area (Å²) in [4.78, 5) is 0. The number of hydrogen-bond acceptors (Lipinski definition) is 1. The third kappa shape index (κ3) is 7.94. The molecule has 0 amide bonds. The van der Waals surface area contributed by atoms with Gasteiger partial charge >= 0.3 is 0 Å². The molecule has 0 aliphatic heterocycles. The Labute approximate surface area is 115 Å². The van der Waals surface area contributed by atoms with Gasteiger partial charge in [-0.05, 0) is 11.5 Å². The first-order valence-electron chi connectivity index (χ1n) is 7.11. The number of rotatable bonds is 2. The molecular formula is C17H32O. The van der Waals surface area contributed by atoms with E-state index >= 15 is 0 Å². The van der Waals surface area contributed by atoms with Gasteiger partial charge in [-0.3, -0.25) is 0 Å². The molecule has 1 aromatic carbocycles. The first kappa shape index (κ1) is 22.0. The van der Waals surface area contributed by atoms with Gasteiger partial charge in [0.25, 0.3) is 0 Å². The fraction of sp³-hybridized carbons (Fsp3) is 0.529. The molecule has 1 nitrogen and oxygen atoms in total. The van der Waals surface area contributed by atoms with Gasteiger partial charge in [0, 0.05) is 5.56 Å². The van der Waals surface area contributed by atoms with Crippen molar-refractivity contribution in [3.05, 3.63) is 35.9 Å². The quantitative estimate of drug-likeness (QED) is 0.660. The number of para-hydroxylation sites is 1. The molecule has 1 N–H and O–H groups in total. The van der Waals surface area contributed by atoms with Crippen LogP contribution in [0.25, 0.3) is 6.08 Å². The summed E-state index contributed by atoms with van der Waals surface area (Å²) in [5.74, 6) is 0.715. The third-order valence-corrected chi connectivity index (χ3v) is 1.94. The molecule has 106 valence electrons. The van der Waals surface area contributed by atoms with Crippen molar-refractivity contribution in [3.8, 4) is 5.75 Å². The summed E-state index contributed by atoms with van der Waals surface area (Å²) in [6, 6.07) is 5.73. The van der Waals surface area contributed by atoms with Crippen molar-refractivity contribution in [2.45, 2.75) is 61.3 Å². The SMILES string of the molecule is C=Cc1cccc(C(C)C)c1O.CC.CC.CC. The monoisotopic (exact) mass is 252 g/mol. The van der Waals surface area contributed by atoms with E-state index in [1.54, 1.807) is 6.08 Å². The van der Waals surface area contributed by atoms with E-state index in [1.807, 2.05) is 59.7 Å². The van der Waals surface area contributed by atoms with Crippen molar-refractivity contribution in [1.82, 2.24) is 0 Å².